The second-order valence-corrected chi connectivity index (χ2v) is 3.43. The highest BCUT2D eigenvalue weighted by atomic mass is 16.5. The highest BCUT2D eigenvalue weighted by Gasteiger charge is 2.28. The van der Waals surface area contributed by atoms with Gasteiger partial charge >= 0.3 is 5.97 Å². The molecular formula is C11H14O3. The molecule has 0 N–H and O–H groups in total. The minimum atomic E-state index is -0.564. The number of esters is 1. The molecule has 76 valence electrons. The van der Waals surface area contributed by atoms with Crippen molar-refractivity contribution in [1.29, 1.82) is 0 Å². The summed E-state index contributed by atoms with van der Waals surface area (Å²) < 4.78 is 4.76. The first-order chi connectivity index (χ1) is 6.75. The SMILES string of the molecule is C#CCOC(=O)C1CCCCCC1=O. The Hall–Kier alpha value is -1.30. The van der Waals surface area contributed by atoms with Crippen LogP contribution in [0, 0.1) is 18.3 Å². The van der Waals surface area contributed by atoms with Crippen LogP contribution >= 0.6 is 0 Å². The molecule has 0 bridgehead atoms. The van der Waals surface area contributed by atoms with Crippen LogP contribution in [0.1, 0.15) is 32.1 Å². The van der Waals surface area contributed by atoms with Gasteiger partial charge in [0.25, 0.3) is 0 Å². The van der Waals surface area contributed by atoms with Gasteiger partial charge in [0.1, 0.15) is 11.7 Å². The second-order valence-electron chi connectivity index (χ2n) is 3.43. The van der Waals surface area contributed by atoms with Crippen molar-refractivity contribution < 1.29 is 14.3 Å². The van der Waals surface area contributed by atoms with Crippen LogP contribution in [0.5, 0.6) is 0 Å². The summed E-state index contributed by atoms with van der Waals surface area (Å²) in [4.78, 5) is 22.8. The number of hydrogen-bond donors (Lipinski definition) is 0. The lowest BCUT2D eigenvalue weighted by Gasteiger charge is -2.10. The molecule has 1 atom stereocenters. The Morgan fingerprint density at radius 3 is 3.00 bits per heavy atom. The topological polar surface area (TPSA) is 43.4 Å². The standard InChI is InChI=1S/C11H14O3/c1-2-8-14-11(13)9-6-4-3-5-7-10(9)12/h1,9H,3-8H2. The first-order valence-electron chi connectivity index (χ1n) is 4.88. The number of rotatable bonds is 2. The monoisotopic (exact) mass is 194 g/mol. The largest absolute Gasteiger partial charge is 0.452 e. The molecule has 14 heavy (non-hydrogen) atoms. The average Bonchev–Trinajstić information content (AvgIpc) is 2.39. The minimum Gasteiger partial charge on any atom is -0.452 e. The third kappa shape index (κ3) is 2.88. The highest BCUT2D eigenvalue weighted by molar-refractivity contribution is 5.99. The molecule has 3 nitrogen and oxygen atoms in total. The van der Waals surface area contributed by atoms with Crippen LogP contribution in [0.2, 0.25) is 0 Å². The summed E-state index contributed by atoms with van der Waals surface area (Å²) in [6.45, 7) is -0.0391. The zero-order valence-corrected chi connectivity index (χ0v) is 8.12. The summed E-state index contributed by atoms with van der Waals surface area (Å²) in [5.74, 6) is 1.20. The maximum atomic E-state index is 11.5. The molecule has 1 rings (SSSR count). The number of ketones is 1. The maximum absolute atomic E-state index is 11.5. The summed E-state index contributed by atoms with van der Waals surface area (Å²) >= 11 is 0. The van der Waals surface area contributed by atoms with Crippen LogP contribution in [0.15, 0.2) is 0 Å². The lowest BCUT2D eigenvalue weighted by Crippen LogP contribution is -2.25. The number of terminal acetylenes is 1. The Morgan fingerprint density at radius 1 is 1.50 bits per heavy atom. The van der Waals surface area contributed by atoms with Crippen LogP contribution in [-0.4, -0.2) is 18.4 Å². The average molecular weight is 194 g/mol. The van der Waals surface area contributed by atoms with Crippen LogP contribution in [-0.2, 0) is 14.3 Å². The molecule has 0 spiro atoms. The third-order valence-electron chi connectivity index (χ3n) is 2.39. The van der Waals surface area contributed by atoms with E-state index in [4.69, 9.17) is 11.2 Å². The van der Waals surface area contributed by atoms with Crippen molar-refractivity contribution in [3.05, 3.63) is 0 Å². The van der Waals surface area contributed by atoms with Gasteiger partial charge in [-0.3, -0.25) is 9.59 Å². The second kappa shape index (κ2) is 5.43. The van der Waals surface area contributed by atoms with Gasteiger partial charge in [0, 0.05) is 6.42 Å². The van der Waals surface area contributed by atoms with Gasteiger partial charge in [-0.15, -0.1) is 6.42 Å². The third-order valence-corrected chi connectivity index (χ3v) is 2.39. The van der Waals surface area contributed by atoms with Crippen molar-refractivity contribution in [3.8, 4) is 12.3 Å². The van der Waals surface area contributed by atoms with E-state index in [9.17, 15) is 9.59 Å². The molecule has 1 saturated carbocycles. The highest BCUT2D eigenvalue weighted by Crippen LogP contribution is 2.20. The zero-order valence-electron chi connectivity index (χ0n) is 8.12. The van der Waals surface area contributed by atoms with Gasteiger partial charge < -0.3 is 4.74 Å². The van der Waals surface area contributed by atoms with Gasteiger partial charge in [-0.05, 0) is 12.8 Å². The molecule has 1 fully saturated rings. The van der Waals surface area contributed by atoms with E-state index in [0.29, 0.717) is 12.8 Å². The van der Waals surface area contributed by atoms with Crippen molar-refractivity contribution in [1.82, 2.24) is 0 Å². The predicted molar refractivity (Wildman–Crippen MR) is 51.4 cm³/mol. The van der Waals surface area contributed by atoms with Crippen LogP contribution < -0.4 is 0 Å². The first-order valence-corrected chi connectivity index (χ1v) is 4.88. The Balaban J connectivity index is 2.51. The fourth-order valence-electron chi connectivity index (χ4n) is 1.62. The fraction of sp³-hybridized carbons (Fsp3) is 0.636. The van der Waals surface area contributed by atoms with Gasteiger partial charge in [0.05, 0.1) is 0 Å². The molecule has 0 heterocycles. The Labute approximate surface area is 83.8 Å². The lowest BCUT2D eigenvalue weighted by molar-refractivity contribution is -0.150. The van der Waals surface area contributed by atoms with Gasteiger partial charge in [0.15, 0.2) is 6.61 Å². The van der Waals surface area contributed by atoms with E-state index in [0.717, 1.165) is 19.3 Å². The van der Waals surface area contributed by atoms with E-state index in [-0.39, 0.29) is 12.4 Å². The van der Waals surface area contributed by atoms with Crippen LogP contribution in [0.25, 0.3) is 0 Å². The molecule has 1 aliphatic rings. The molecule has 3 heteroatoms. The summed E-state index contributed by atoms with van der Waals surface area (Å²) in [5.41, 5.74) is 0. The number of carbonyl (C=O) groups excluding carboxylic acids is 2. The van der Waals surface area contributed by atoms with Crippen LogP contribution in [0.4, 0.5) is 0 Å². The van der Waals surface area contributed by atoms with Crippen molar-refractivity contribution >= 4 is 11.8 Å². The van der Waals surface area contributed by atoms with E-state index in [1.54, 1.807) is 0 Å². The van der Waals surface area contributed by atoms with E-state index in [1.807, 2.05) is 0 Å². The molecule has 1 unspecified atom stereocenters. The van der Waals surface area contributed by atoms with E-state index >= 15 is 0 Å². The van der Waals surface area contributed by atoms with Crippen molar-refractivity contribution in [2.24, 2.45) is 5.92 Å². The number of Topliss-reactive ketones (excluding diaryl/α,β-unsaturated/α-hetero) is 1. The van der Waals surface area contributed by atoms with Gasteiger partial charge in [-0.25, -0.2) is 0 Å². The van der Waals surface area contributed by atoms with E-state index < -0.39 is 11.9 Å². The number of carbonyl (C=O) groups is 2. The zero-order chi connectivity index (χ0) is 10.4. The van der Waals surface area contributed by atoms with Crippen LogP contribution in [0.3, 0.4) is 0 Å². The molecule has 0 radical (unpaired) electrons. The molecule has 0 aromatic heterocycles. The molecule has 0 amide bonds. The predicted octanol–water partition coefficient (Wildman–Crippen LogP) is 1.31. The van der Waals surface area contributed by atoms with Crippen molar-refractivity contribution in [2.45, 2.75) is 32.1 Å². The number of ether oxygens (including phenoxy) is 1. The summed E-state index contributed by atoms with van der Waals surface area (Å²) in [6.07, 6.45) is 8.89. The normalized spacial score (nSPS) is 22.2. The molecule has 0 saturated heterocycles. The first kappa shape index (κ1) is 10.8. The molecule has 1 aliphatic carbocycles. The minimum absolute atomic E-state index is 0.00419. The summed E-state index contributed by atoms with van der Waals surface area (Å²) in [5, 5.41) is 0. The summed E-state index contributed by atoms with van der Waals surface area (Å²) in [7, 11) is 0. The molecule has 0 aromatic carbocycles. The lowest BCUT2D eigenvalue weighted by atomic mass is 9.99. The maximum Gasteiger partial charge on any atom is 0.317 e. The van der Waals surface area contributed by atoms with Gasteiger partial charge in [0.2, 0.25) is 0 Å². The van der Waals surface area contributed by atoms with E-state index in [2.05, 4.69) is 5.92 Å². The number of hydrogen-bond acceptors (Lipinski definition) is 3. The Morgan fingerprint density at radius 2 is 2.29 bits per heavy atom. The Bertz CT molecular complexity index is 262. The quantitative estimate of drug-likeness (QED) is 0.288. The fourth-order valence-corrected chi connectivity index (χ4v) is 1.62. The van der Waals surface area contributed by atoms with Crippen molar-refractivity contribution in [3.63, 3.8) is 0 Å². The molecule has 0 aliphatic heterocycles. The molecule has 0 aromatic rings. The molecular weight excluding hydrogens is 180 g/mol. The van der Waals surface area contributed by atoms with Crippen molar-refractivity contribution in [2.75, 3.05) is 6.61 Å². The Kier molecular flexibility index (Phi) is 4.18. The van der Waals surface area contributed by atoms with E-state index in [1.165, 1.54) is 0 Å². The summed E-state index contributed by atoms with van der Waals surface area (Å²) in [6, 6.07) is 0. The van der Waals surface area contributed by atoms with Gasteiger partial charge in [-0.2, -0.15) is 0 Å². The van der Waals surface area contributed by atoms with Gasteiger partial charge in [-0.1, -0.05) is 18.8 Å². The smallest absolute Gasteiger partial charge is 0.317 e.